The monoisotopic (exact) mass is 510 g/mol. The van der Waals surface area contributed by atoms with Gasteiger partial charge in [0.15, 0.2) is 0 Å². The summed E-state index contributed by atoms with van der Waals surface area (Å²) in [6.45, 7) is 1.11. The summed E-state index contributed by atoms with van der Waals surface area (Å²) in [5.74, 6) is -1.08. The first kappa shape index (κ1) is 25.1. The third-order valence-corrected chi connectivity index (χ3v) is 8.28. The molecule has 0 bridgehead atoms. The lowest BCUT2D eigenvalue weighted by Gasteiger charge is -2.37. The number of amides is 3. The van der Waals surface area contributed by atoms with Crippen LogP contribution in [0.25, 0.3) is 10.9 Å². The number of aromatic amines is 1. The molecule has 3 aliphatic rings. The van der Waals surface area contributed by atoms with Gasteiger partial charge in [0.1, 0.15) is 23.5 Å². The predicted molar refractivity (Wildman–Crippen MR) is 135 cm³/mol. The molecule has 1 spiro atoms. The highest BCUT2D eigenvalue weighted by Gasteiger charge is 2.52. The van der Waals surface area contributed by atoms with E-state index in [9.17, 15) is 19.2 Å². The van der Waals surface area contributed by atoms with Crippen molar-refractivity contribution >= 4 is 34.6 Å². The molecule has 0 radical (unpaired) electrons. The molecule has 3 N–H and O–H groups in total. The van der Waals surface area contributed by atoms with Crippen LogP contribution in [0.3, 0.4) is 0 Å². The normalized spacial score (nSPS) is 23.3. The first-order valence-corrected chi connectivity index (χ1v) is 13.0. The molecule has 1 saturated carbocycles. The molecule has 2 saturated heterocycles. The third-order valence-electron chi connectivity index (χ3n) is 8.28. The summed E-state index contributed by atoms with van der Waals surface area (Å²) >= 11 is 0. The molecule has 3 atom stereocenters. The number of carbonyl (C=O) groups excluding carboxylic acids is 4. The Kier molecular flexibility index (Phi) is 6.83. The molecule has 10 nitrogen and oxygen atoms in total. The van der Waals surface area contributed by atoms with Crippen molar-refractivity contribution in [2.24, 2.45) is 11.3 Å². The number of nitrogens with one attached hydrogen (secondary N) is 3. The maximum Gasteiger partial charge on any atom is 0.328 e. The van der Waals surface area contributed by atoms with E-state index in [1.54, 1.807) is 18.1 Å². The smallest absolute Gasteiger partial charge is 0.328 e. The van der Waals surface area contributed by atoms with Crippen LogP contribution in [0.4, 0.5) is 0 Å². The van der Waals surface area contributed by atoms with E-state index in [0.29, 0.717) is 37.4 Å². The summed E-state index contributed by atoms with van der Waals surface area (Å²) in [5.41, 5.74) is 1.08. The van der Waals surface area contributed by atoms with Gasteiger partial charge in [-0.15, -0.1) is 0 Å². The molecule has 3 heterocycles. The molecule has 2 aliphatic heterocycles. The Morgan fingerprint density at radius 3 is 2.70 bits per heavy atom. The molecule has 1 aliphatic carbocycles. The molecular weight excluding hydrogens is 476 g/mol. The minimum Gasteiger partial charge on any atom is -0.496 e. The van der Waals surface area contributed by atoms with E-state index in [0.717, 1.165) is 36.6 Å². The average molecular weight is 511 g/mol. The van der Waals surface area contributed by atoms with Crippen molar-refractivity contribution in [3.8, 4) is 5.75 Å². The third kappa shape index (κ3) is 4.76. The second-order valence-corrected chi connectivity index (χ2v) is 10.6. The molecule has 3 amide bonds. The molecule has 37 heavy (non-hydrogen) atoms. The summed E-state index contributed by atoms with van der Waals surface area (Å²) in [6, 6.07) is 5.64. The van der Waals surface area contributed by atoms with E-state index < -0.39 is 24.0 Å². The van der Waals surface area contributed by atoms with Gasteiger partial charge in [-0.25, -0.2) is 4.79 Å². The number of rotatable bonds is 7. The molecule has 1 aromatic carbocycles. The van der Waals surface area contributed by atoms with E-state index in [2.05, 4.69) is 15.6 Å². The Balaban J connectivity index is 1.37. The number of benzene rings is 1. The van der Waals surface area contributed by atoms with Crippen molar-refractivity contribution in [1.29, 1.82) is 0 Å². The first-order valence-electron chi connectivity index (χ1n) is 13.0. The van der Waals surface area contributed by atoms with Crippen molar-refractivity contribution in [3.63, 3.8) is 0 Å². The van der Waals surface area contributed by atoms with E-state index in [-0.39, 0.29) is 29.6 Å². The molecule has 1 unspecified atom stereocenters. The second kappa shape index (κ2) is 10.1. The van der Waals surface area contributed by atoms with Crippen LogP contribution in [-0.2, 0) is 19.1 Å². The minimum atomic E-state index is -0.960. The van der Waals surface area contributed by atoms with Crippen LogP contribution in [0.2, 0.25) is 0 Å². The van der Waals surface area contributed by atoms with E-state index >= 15 is 0 Å². The van der Waals surface area contributed by atoms with Gasteiger partial charge in [-0.3, -0.25) is 14.4 Å². The molecule has 3 fully saturated rings. The first-order chi connectivity index (χ1) is 17.8. The highest BCUT2D eigenvalue weighted by molar-refractivity contribution is 6.02. The van der Waals surface area contributed by atoms with Gasteiger partial charge in [0, 0.05) is 29.9 Å². The molecular formula is C27H34N4O6. The standard InChI is InChI=1S/C27H34N4O6/c1-36-22-8-3-7-18-17(22)13-19(29-18)25(34)31-15-27(9-5-10-27)14-21(31)24(33)30-20(26(35)37-2)12-16-6-4-11-28-23(16)32/h3,7-8,13,16,20-21,29H,4-6,9-12,14-15H2,1-2H3,(H,28,32)(H,30,33)/t16-,20-,21?/m0/s1. The van der Waals surface area contributed by atoms with E-state index in [1.807, 2.05) is 18.2 Å². The summed E-state index contributed by atoms with van der Waals surface area (Å²) < 4.78 is 10.4. The molecule has 5 rings (SSSR count). The topological polar surface area (TPSA) is 130 Å². The maximum absolute atomic E-state index is 13.7. The zero-order valence-corrected chi connectivity index (χ0v) is 21.3. The number of nitrogens with zero attached hydrogens (tertiary/aromatic N) is 1. The summed E-state index contributed by atoms with van der Waals surface area (Å²) in [4.78, 5) is 57.0. The van der Waals surface area contributed by atoms with Gasteiger partial charge in [0.25, 0.3) is 5.91 Å². The number of carbonyl (C=O) groups is 4. The molecule has 2 aromatic rings. The van der Waals surface area contributed by atoms with Crippen LogP contribution >= 0.6 is 0 Å². The number of fused-ring (bicyclic) bond motifs is 1. The van der Waals surface area contributed by atoms with Crippen LogP contribution in [0.15, 0.2) is 24.3 Å². The lowest BCUT2D eigenvalue weighted by atomic mass is 9.67. The largest absolute Gasteiger partial charge is 0.496 e. The Hall–Kier alpha value is -3.56. The van der Waals surface area contributed by atoms with Crippen molar-refractivity contribution in [1.82, 2.24) is 20.5 Å². The highest BCUT2D eigenvalue weighted by atomic mass is 16.5. The molecule has 198 valence electrons. The van der Waals surface area contributed by atoms with Crippen molar-refractivity contribution in [2.75, 3.05) is 27.3 Å². The number of H-pyrrole nitrogens is 1. The lowest BCUT2D eigenvalue weighted by molar-refractivity contribution is -0.146. The van der Waals surface area contributed by atoms with Crippen molar-refractivity contribution < 1.29 is 28.7 Å². The van der Waals surface area contributed by atoms with Crippen LogP contribution in [0, 0.1) is 11.3 Å². The summed E-state index contributed by atoms with van der Waals surface area (Å²) in [6.07, 6.45) is 5.18. The van der Waals surface area contributed by atoms with Gasteiger partial charge in [0.05, 0.1) is 14.2 Å². The SMILES string of the molecule is COC(=O)[C@H](C[C@@H]1CCCNC1=O)NC(=O)C1CC2(CCC2)CN1C(=O)c1cc2c(OC)cccc2[nH]1. The number of aromatic nitrogens is 1. The fourth-order valence-corrected chi connectivity index (χ4v) is 6.09. The van der Waals surface area contributed by atoms with E-state index in [4.69, 9.17) is 9.47 Å². The average Bonchev–Trinajstić information content (AvgIpc) is 3.51. The van der Waals surface area contributed by atoms with Gasteiger partial charge >= 0.3 is 5.97 Å². The van der Waals surface area contributed by atoms with Crippen molar-refractivity contribution in [2.45, 2.75) is 57.0 Å². The van der Waals surface area contributed by atoms with Crippen LogP contribution < -0.4 is 15.4 Å². The van der Waals surface area contributed by atoms with Gasteiger partial charge in [-0.05, 0) is 62.1 Å². The number of likely N-dealkylation sites (tertiary alicyclic amines) is 1. The Morgan fingerprint density at radius 1 is 1.22 bits per heavy atom. The van der Waals surface area contributed by atoms with E-state index in [1.165, 1.54) is 7.11 Å². The fraction of sp³-hybridized carbons (Fsp3) is 0.556. The van der Waals surface area contributed by atoms with Gasteiger partial charge in [0.2, 0.25) is 11.8 Å². The maximum atomic E-state index is 13.7. The predicted octanol–water partition coefficient (Wildman–Crippen LogP) is 2.14. The number of piperidine rings is 1. The lowest BCUT2D eigenvalue weighted by Crippen LogP contribution is -2.52. The van der Waals surface area contributed by atoms with Gasteiger partial charge < -0.3 is 30.0 Å². The van der Waals surface area contributed by atoms with Crippen LogP contribution in [-0.4, -0.2) is 73.0 Å². The quantitative estimate of drug-likeness (QED) is 0.490. The zero-order chi connectivity index (χ0) is 26.2. The van der Waals surface area contributed by atoms with Gasteiger partial charge in [-0.2, -0.15) is 0 Å². The minimum absolute atomic E-state index is 0.0780. The Labute approximate surface area is 215 Å². The van der Waals surface area contributed by atoms with Crippen LogP contribution in [0.1, 0.15) is 55.4 Å². The van der Waals surface area contributed by atoms with Crippen molar-refractivity contribution in [3.05, 3.63) is 30.0 Å². The Morgan fingerprint density at radius 2 is 2.03 bits per heavy atom. The molecule has 10 heteroatoms. The second-order valence-electron chi connectivity index (χ2n) is 10.6. The van der Waals surface area contributed by atoms with Crippen LogP contribution in [0.5, 0.6) is 5.75 Å². The van der Waals surface area contributed by atoms with Gasteiger partial charge in [-0.1, -0.05) is 12.5 Å². The summed E-state index contributed by atoms with van der Waals surface area (Å²) in [5, 5.41) is 6.44. The number of hydrogen-bond acceptors (Lipinski definition) is 6. The molecule has 1 aromatic heterocycles. The number of ether oxygens (including phenoxy) is 2. The Bertz CT molecular complexity index is 1220. The fourth-order valence-electron chi connectivity index (χ4n) is 6.09. The zero-order valence-electron chi connectivity index (χ0n) is 21.3. The number of esters is 1. The number of methoxy groups -OCH3 is 2. The number of hydrogen-bond donors (Lipinski definition) is 3. The highest BCUT2D eigenvalue weighted by Crippen LogP contribution is 2.50. The summed E-state index contributed by atoms with van der Waals surface area (Å²) in [7, 11) is 2.85.